The highest BCUT2D eigenvalue weighted by Crippen LogP contribution is 2.30. The lowest BCUT2D eigenvalue weighted by molar-refractivity contribution is 0.0931. The molecule has 22 heavy (non-hydrogen) atoms. The zero-order valence-electron chi connectivity index (χ0n) is 12.9. The average Bonchev–Trinajstić information content (AvgIpc) is 2.55. The fourth-order valence-electron chi connectivity index (χ4n) is 2.40. The molecule has 4 nitrogen and oxygen atoms in total. The number of amides is 1. The van der Waals surface area contributed by atoms with Gasteiger partial charge in [0.15, 0.2) is 11.5 Å². The molecule has 2 rings (SSSR count). The Bertz CT molecular complexity index is 625. The third-order valence-corrected chi connectivity index (χ3v) is 3.55. The molecule has 1 unspecified atom stereocenters. The van der Waals surface area contributed by atoms with Crippen molar-refractivity contribution >= 4 is 5.91 Å². The smallest absolute Gasteiger partial charge is 0.255 e. The Hall–Kier alpha value is -2.49. The second kappa shape index (κ2) is 7.50. The molecule has 0 aliphatic heterocycles. The van der Waals surface area contributed by atoms with Gasteiger partial charge in [-0.2, -0.15) is 0 Å². The molecule has 2 aromatic carbocycles. The number of carbonyl (C=O) groups excluding carboxylic acids is 1. The number of hydrogen-bond acceptors (Lipinski definition) is 3. The Morgan fingerprint density at radius 2 is 1.91 bits per heavy atom. The molecule has 0 saturated carbocycles. The van der Waals surface area contributed by atoms with Crippen molar-refractivity contribution in [2.24, 2.45) is 0 Å². The molecular weight excluding hydrogens is 278 g/mol. The van der Waals surface area contributed by atoms with Gasteiger partial charge in [-0.15, -0.1) is 0 Å². The Balaban J connectivity index is 2.22. The number of benzene rings is 2. The van der Waals surface area contributed by atoms with E-state index in [9.17, 15) is 9.90 Å². The van der Waals surface area contributed by atoms with Crippen LogP contribution < -0.4 is 10.1 Å². The molecule has 0 saturated heterocycles. The van der Waals surface area contributed by atoms with Gasteiger partial charge >= 0.3 is 0 Å². The molecule has 4 heteroatoms. The molecular formula is C18H21NO3. The maximum atomic E-state index is 12.5. The van der Waals surface area contributed by atoms with Crippen molar-refractivity contribution in [3.05, 3.63) is 59.7 Å². The van der Waals surface area contributed by atoms with E-state index in [0.717, 1.165) is 18.4 Å². The van der Waals surface area contributed by atoms with Crippen LogP contribution in [0.2, 0.25) is 0 Å². The van der Waals surface area contributed by atoms with Crippen molar-refractivity contribution < 1.29 is 14.6 Å². The van der Waals surface area contributed by atoms with E-state index in [2.05, 4.69) is 12.2 Å². The van der Waals surface area contributed by atoms with Crippen molar-refractivity contribution in [1.82, 2.24) is 5.32 Å². The predicted molar refractivity (Wildman–Crippen MR) is 86.2 cm³/mol. The third-order valence-electron chi connectivity index (χ3n) is 3.55. The number of aromatic hydroxyl groups is 1. The average molecular weight is 299 g/mol. The van der Waals surface area contributed by atoms with Gasteiger partial charge < -0.3 is 15.2 Å². The number of ether oxygens (including phenoxy) is 1. The molecule has 0 fully saturated rings. The van der Waals surface area contributed by atoms with Gasteiger partial charge in [-0.05, 0) is 24.1 Å². The van der Waals surface area contributed by atoms with Crippen LogP contribution in [0.25, 0.3) is 0 Å². The highest BCUT2D eigenvalue weighted by atomic mass is 16.5. The molecule has 0 aliphatic carbocycles. The molecule has 0 radical (unpaired) electrons. The van der Waals surface area contributed by atoms with E-state index >= 15 is 0 Å². The zero-order chi connectivity index (χ0) is 15.9. The molecule has 0 aliphatic rings. The lowest BCUT2D eigenvalue weighted by atomic mass is 10.0. The number of carbonyl (C=O) groups is 1. The molecule has 2 N–H and O–H groups in total. The van der Waals surface area contributed by atoms with Crippen LogP contribution in [0.4, 0.5) is 0 Å². The molecule has 1 atom stereocenters. The van der Waals surface area contributed by atoms with Crippen LogP contribution in [-0.4, -0.2) is 18.1 Å². The van der Waals surface area contributed by atoms with Gasteiger partial charge in [-0.25, -0.2) is 0 Å². The van der Waals surface area contributed by atoms with Gasteiger partial charge in [0.1, 0.15) is 0 Å². The minimum atomic E-state index is -0.307. The summed E-state index contributed by atoms with van der Waals surface area (Å²) in [6, 6.07) is 14.6. The van der Waals surface area contributed by atoms with Gasteiger partial charge in [-0.3, -0.25) is 4.79 Å². The van der Waals surface area contributed by atoms with Crippen molar-refractivity contribution in [3.63, 3.8) is 0 Å². The summed E-state index contributed by atoms with van der Waals surface area (Å²) in [5, 5.41) is 13.1. The fraction of sp³-hybridized carbons (Fsp3) is 0.278. The minimum Gasteiger partial charge on any atom is -0.504 e. The van der Waals surface area contributed by atoms with Crippen LogP contribution >= 0.6 is 0 Å². The number of hydrogen-bond donors (Lipinski definition) is 2. The minimum absolute atomic E-state index is 0.0794. The summed E-state index contributed by atoms with van der Waals surface area (Å²) in [7, 11) is 1.46. The third kappa shape index (κ3) is 3.58. The molecule has 0 aromatic heterocycles. The topological polar surface area (TPSA) is 58.6 Å². The quantitative estimate of drug-likeness (QED) is 0.855. The van der Waals surface area contributed by atoms with E-state index in [1.54, 1.807) is 18.2 Å². The first-order valence-corrected chi connectivity index (χ1v) is 7.39. The number of methoxy groups -OCH3 is 1. The SMILES string of the molecule is CCCC(NC(=O)c1cccc(OC)c1O)c1ccccc1. The van der Waals surface area contributed by atoms with Crippen molar-refractivity contribution in [2.45, 2.75) is 25.8 Å². The van der Waals surface area contributed by atoms with Gasteiger partial charge in [0.2, 0.25) is 0 Å². The second-order valence-corrected chi connectivity index (χ2v) is 5.08. The highest BCUT2D eigenvalue weighted by Gasteiger charge is 2.19. The number of para-hydroxylation sites is 1. The molecule has 0 spiro atoms. The summed E-state index contributed by atoms with van der Waals surface area (Å²) in [5.74, 6) is -0.149. The molecule has 116 valence electrons. The van der Waals surface area contributed by atoms with Gasteiger partial charge in [0.05, 0.1) is 18.7 Å². The lowest BCUT2D eigenvalue weighted by Gasteiger charge is -2.19. The summed E-state index contributed by atoms with van der Waals surface area (Å²) < 4.78 is 5.04. The summed E-state index contributed by atoms with van der Waals surface area (Å²) in [6.07, 6.45) is 1.78. The molecule has 1 amide bonds. The van der Waals surface area contributed by atoms with E-state index < -0.39 is 0 Å². The largest absolute Gasteiger partial charge is 0.504 e. The van der Waals surface area contributed by atoms with E-state index in [4.69, 9.17) is 4.74 Å². The Morgan fingerprint density at radius 3 is 2.55 bits per heavy atom. The molecule has 0 bridgehead atoms. The maximum absolute atomic E-state index is 12.5. The first kappa shape index (κ1) is 15.9. The van der Waals surface area contributed by atoms with E-state index in [1.807, 2.05) is 30.3 Å². The van der Waals surface area contributed by atoms with Crippen molar-refractivity contribution in [3.8, 4) is 11.5 Å². The highest BCUT2D eigenvalue weighted by molar-refractivity contribution is 5.97. The Kier molecular flexibility index (Phi) is 5.42. The first-order chi connectivity index (χ1) is 10.7. The number of rotatable bonds is 6. The van der Waals surface area contributed by atoms with Gasteiger partial charge in [0.25, 0.3) is 5.91 Å². The number of nitrogens with one attached hydrogen (secondary N) is 1. The monoisotopic (exact) mass is 299 g/mol. The predicted octanol–water partition coefficient (Wildman–Crippen LogP) is 3.67. The van der Waals surface area contributed by atoms with Crippen LogP contribution in [0.15, 0.2) is 48.5 Å². The fourth-order valence-corrected chi connectivity index (χ4v) is 2.40. The van der Waals surface area contributed by atoms with Crippen LogP contribution in [0, 0.1) is 0 Å². The molecule has 2 aromatic rings. The number of phenolic OH excluding ortho intramolecular Hbond substituents is 1. The summed E-state index contributed by atoms with van der Waals surface area (Å²) in [4.78, 5) is 12.5. The lowest BCUT2D eigenvalue weighted by Crippen LogP contribution is -2.28. The van der Waals surface area contributed by atoms with Crippen LogP contribution in [0.1, 0.15) is 41.7 Å². The second-order valence-electron chi connectivity index (χ2n) is 5.08. The van der Waals surface area contributed by atoms with Crippen LogP contribution in [-0.2, 0) is 0 Å². The van der Waals surface area contributed by atoms with E-state index in [1.165, 1.54) is 7.11 Å². The van der Waals surface area contributed by atoms with Crippen LogP contribution in [0.5, 0.6) is 11.5 Å². The van der Waals surface area contributed by atoms with Gasteiger partial charge in [-0.1, -0.05) is 49.7 Å². The number of phenols is 1. The van der Waals surface area contributed by atoms with E-state index in [-0.39, 0.29) is 23.3 Å². The Morgan fingerprint density at radius 1 is 1.18 bits per heavy atom. The first-order valence-electron chi connectivity index (χ1n) is 7.39. The zero-order valence-corrected chi connectivity index (χ0v) is 12.9. The summed E-state index contributed by atoms with van der Waals surface area (Å²) in [5.41, 5.74) is 1.27. The van der Waals surface area contributed by atoms with E-state index in [0.29, 0.717) is 5.75 Å². The van der Waals surface area contributed by atoms with Crippen molar-refractivity contribution in [2.75, 3.05) is 7.11 Å². The normalized spacial score (nSPS) is 11.7. The maximum Gasteiger partial charge on any atom is 0.255 e. The summed E-state index contributed by atoms with van der Waals surface area (Å²) >= 11 is 0. The van der Waals surface area contributed by atoms with Gasteiger partial charge in [0, 0.05) is 0 Å². The Labute approximate surface area is 130 Å². The van der Waals surface area contributed by atoms with Crippen molar-refractivity contribution in [1.29, 1.82) is 0 Å². The standard InChI is InChI=1S/C18H21NO3/c1-3-8-15(13-9-5-4-6-10-13)19-18(21)14-11-7-12-16(22-2)17(14)20/h4-7,9-12,15,20H,3,8H2,1-2H3,(H,19,21). The molecule has 0 heterocycles. The summed E-state index contributed by atoms with van der Waals surface area (Å²) in [6.45, 7) is 2.07. The van der Waals surface area contributed by atoms with Crippen LogP contribution in [0.3, 0.4) is 0 Å².